The summed E-state index contributed by atoms with van der Waals surface area (Å²) in [6, 6.07) is 8.57. The standard InChI is InChI=1S/C18H17N3O5S/c1-21-8-12(19-16(23)9-22)7-13(21)17(24)20-11-3-4-14-10(5-11)6-15(27-14)18(25)26-2/h3-8,22H,9H2,1-2H3,(H,19,23)(H,20,24). The van der Waals surface area contributed by atoms with Crippen LogP contribution in [0.5, 0.6) is 0 Å². The lowest BCUT2D eigenvalue weighted by molar-refractivity contribution is -0.118. The van der Waals surface area contributed by atoms with Crippen molar-refractivity contribution in [1.29, 1.82) is 0 Å². The summed E-state index contributed by atoms with van der Waals surface area (Å²) in [7, 11) is 3.00. The third-order valence-electron chi connectivity index (χ3n) is 3.83. The lowest BCUT2D eigenvalue weighted by Gasteiger charge is -2.06. The first-order valence-corrected chi connectivity index (χ1v) is 8.73. The number of amides is 2. The van der Waals surface area contributed by atoms with Gasteiger partial charge in [-0.1, -0.05) is 0 Å². The average molecular weight is 387 g/mol. The third-order valence-corrected chi connectivity index (χ3v) is 4.92. The Hall–Kier alpha value is -3.17. The number of aryl methyl sites for hydroxylation is 1. The van der Waals surface area contributed by atoms with Gasteiger partial charge in [0, 0.05) is 23.6 Å². The normalized spacial score (nSPS) is 10.6. The van der Waals surface area contributed by atoms with Crippen LogP contribution < -0.4 is 10.6 Å². The molecule has 0 bridgehead atoms. The van der Waals surface area contributed by atoms with Gasteiger partial charge in [0.05, 0.1) is 12.8 Å². The third kappa shape index (κ3) is 3.99. The number of hydrogen-bond acceptors (Lipinski definition) is 6. The highest BCUT2D eigenvalue weighted by atomic mass is 32.1. The zero-order chi connectivity index (χ0) is 19.6. The van der Waals surface area contributed by atoms with Crippen LogP contribution in [0.4, 0.5) is 11.4 Å². The number of nitrogens with one attached hydrogen (secondary N) is 2. The number of esters is 1. The molecule has 0 aliphatic carbocycles. The zero-order valence-corrected chi connectivity index (χ0v) is 15.4. The van der Waals surface area contributed by atoms with E-state index in [0.717, 1.165) is 10.1 Å². The Kier molecular flexibility index (Phi) is 5.24. The fourth-order valence-corrected chi connectivity index (χ4v) is 3.54. The Balaban J connectivity index is 1.79. The van der Waals surface area contributed by atoms with Crippen LogP contribution in [0.3, 0.4) is 0 Å². The summed E-state index contributed by atoms with van der Waals surface area (Å²) in [6.07, 6.45) is 1.58. The SMILES string of the molecule is COC(=O)c1cc2cc(NC(=O)c3cc(NC(=O)CO)cn3C)ccc2s1. The molecule has 3 rings (SSSR count). The summed E-state index contributed by atoms with van der Waals surface area (Å²) in [5, 5.41) is 14.9. The Morgan fingerprint density at radius 2 is 1.93 bits per heavy atom. The van der Waals surface area contributed by atoms with Crippen molar-refractivity contribution in [3.8, 4) is 0 Å². The number of anilines is 2. The molecule has 140 valence electrons. The molecule has 0 aliphatic rings. The molecule has 1 aromatic carbocycles. The minimum atomic E-state index is -0.634. The Labute approximate surface area is 158 Å². The number of aliphatic hydroxyl groups is 1. The second-order valence-corrected chi connectivity index (χ2v) is 6.82. The molecule has 0 radical (unpaired) electrons. The quantitative estimate of drug-likeness (QED) is 0.582. The molecule has 8 nitrogen and oxygen atoms in total. The van der Waals surface area contributed by atoms with Crippen LogP contribution in [0.15, 0.2) is 36.5 Å². The van der Waals surface area contributed by atoms with Crippen LogP contribution in [0.1, 0.15) is 20.2 Å². The molecule has 3 aromatic rings. The van der Waals surface area contributed by atoms with E-state index < -0.39 is 18.5 Å². The number of benzene rings is 1. The fraction of sp³-hybridized carbons (Fsp3) is 0.167. The lowest BCUT2D eigenvalue weighted by atomic mass is 10.2. The number of ether oxygens (including phenoxy) is 1. The van der Waals surface area contributed by atoms with Gasteiger partial charge in [0.25, 0.3) is 5.91 Å². The van der Waals surface area contributed by atoms with Crippen molar-refractivity contribution in [2.45, 2.75) is 0 Å². The monoisotopic (exact) mass is 387 g/mol. The molecule has 0 aliphatic heterocycles. The number of thiophene rings is 1. The zero-order valence-electron chi connectivity index (χ0n) is 14.6. The van der Waals surface area contributed by atoms with Gasteiger partial charge in [-0.05, 0) is 35.7 Å². The number of nitrogens with zero attached hydrogens (tertiary/aromatic N) is 1. The number of carbonyl (C=O) groups excluding carboxylic acids is 3. The van der Waals surface area contributed by atoms with Crippen LogP contribution in [-0.2, 0) is 16.6 Å². The van der Waals surface area contributed by atoms with Crippen LogP contribution >= 0.6 is 11.3 Å². The smallest absolute Gasteiger partial charge is 0.348 e. The van der Waals surface area contributed by atoms with Crippen LogP contribution in [0.25, 0.3) is 10.1 Å². The van der Waals surface area contributed by atoms with Gasteiger partial charge in [-0.2, -0.15) is 0 Å². The maximum absolute atomic E-state index is 12.5. The van der Waals surface area contributed by atoms with E-state index in [-0.39, 0.29) is 5.91 Å². The van der Waals surface area contributed by atoms with Gasteiger partial charge < -0.3 is 25.0 Å². The molecule has 2 amide bonds. The molecular weight excluding hydrogens is 370 g/mol. The van der Waals surface area contributed by atoms with Gasteiger partial charge in [0.15, 0.2) is 0 Å². The number of aromatic nitrogens is 1. The Bertz CT molecular complexity index is 1040. The average Bonchev–Trinajstić information content (AvgIpc) is 3.23. The summed E-state index contributed by atoms with van der Waals surface area (Å²) in [5.41, 5.74) is 1.32. The molecule has 3 N–H and O–H groups in total. The van der Waals surface area contributed by atoms with E-state index in [1.807, 2.05) is 6.07 Å². The predicted molar refractivity (Wildman–Crippen MR) is 102 cm³/mol. The maximum Gasteiger partial charge on any atom is 0.348 e. The molecule has 0 atom stereocenters. The number of rotatable bonds is 5. The number of hydrogen-bond donors (Lipinski definition) is 3. The van der Waals surface area contributed by atoms with Gasteiger partial charge in [-0.15, -0.1) is 11.3 Å². The molecule has 0 fully saturated rings. The van der Waals surface area contributed by atoms with Crippen LogP contribution in [-0.4, -0.2) is 41.2 Å². The van der Waals surface area contributed by atoms with Crippen molar-refractivity contribution in [3.05, 3.63) is 47.1 Å². The maximum atomic E-state index is 12.5. The summed E-state index contributed by atoms with van der Waals surface area (Å²) in [4.78, 5) is 35.9. The van der Waals surface area contributed by atoms with Crippen LogP contribution in [0.2, 0.25) is 0 Å². The second-order valence-electron chi connectivity index (χ2n) is 5.74. The molecule has 9 heteroatoms. The van der Waals surface area contributed by atoms with Crippen molar-refractivity contribution >= 4 is 50.6 Å². The topological polar surface area (TPSA) is 110 Å². The van der Waals surface area contributed by atoms with E-state index in [2.05, 4.69) is 10.6 Å². The lowest BCUT2D eigenvalue weighted by Crippen LogP contribution is -2.15. The first-order chi connectivity index (χ1) is 12.9. The molecular formula is C18H17N3O5S. The molecule has 0 spiro atoms. The molecule has 0 unspecified atom stereocenters. The van der Waals surface area contributed by atoms with Gasteiger partial charge in [-0.3, -0.25) is 9.59 Å². The molecule has 0 saturated carbocycles. The van der Waals surface area contributed by atoms with Crippen LogP contribution in [0, 0.1) is 0 Å². The largest absolute Gasteiger partial charge is 0.465 e. The van der Waals surface area contributed by atoms with E-state index in [1.165, 1.54) is 24.5 Å². The molecule has 0 saturated heterocycles. The van der Waals surface area contributed by atoms with Crippen molar-refractivity contribution in [2.75, 3.05) is 24.4 Å². The van der Waals surface area contributed by atoms with Gasteiger partial charge in [0.2, 0.25) is 5.91 Å². The van der Waals surface area contributed by atoms with E-state index in [4.69, 9.17) is 9.84 Å². The highest BCUT2D eigenvalue weighted by Gasteiger charge is 2.15. The first-order valence-electron chi connectivity index (χ1n) is 7.91. The van der Waals surface area contributed by atoms with E-state index in [0.29, 0.717) is 21.9 Å². The summed E-state index contributed by atoms with van der Waals surface area (Å²) in [5.74, 6) is -1.32. The highest BCUT2D eigenvalue weighted by Crippen LogP contribution is 2.29. The fourth-order valence-electron chi connectivity index (χ4n) is 2.58. The second kappa shape index (κ2) is 7.60. The summed E-state index contributed by atoms with van der Waals surface area (Å²) >= 11 is 1.32. The Morgan fingerprint density at radius 3 is 2.63 bits per heavy atom. The summed E-state index contributed by atoms with van der Waals surface area (Å²) in [6.45, 7) is -0.634. The van der Waals surface area contributed by atoms with Crippen molar-refractivity contribution < 1.29 is 24.2 Å². The van der Waals surface area contributed by atoms with Crippen molar-refractivity contribution in [1.82, 2.24) is 4.57 Å². The van der Waals surface area contributed by atoms with Gasteiger partial charge >= 0.3 is 5.97 Å². The minimum absolute atomic E-state index is 0.337. The minimum Gasteiger partial charge on any atom is -0.465 e. The number of carbonyl (C=O) groups is 3. The predicted octanol–water partition coefficient (Wildman–Crippen LogP) is 2.21. The number of fused-ring (bicyclic) bond motifs is 1. The molecule has 2 aromatic heterocycles. The van der Waals surface area contributed by atoms with E-state index in [1.54, 1.807) is 36.0 Å². The van der Waals surface area contributed by atoms with Gasteiger partial charge in [0.1, 0.15) is 17.2 Å². The van der Waals surface area contributed by atoms with E-state index in [9.17, 15) is 14.4 Å². The van der Waals surface area contributed by atoms with Gasteiger partial charge in [-0.25, -0.2) is 4.79 Å². The summed E-state index contributed by atoms with van der Waals surface area (Å²) < 4.78 is 7.20. The van der Waals surface area contributed by atoms with Crippen molar-refractivity contribution in [3.63, 3.8) is 0 Å². The Morgan fingerprint density at radius 1 is 1.15 bits per heavy atom. The van der Waals surface area contributed by atoms with E-state index >= 15 is 0 Å². The molecule has 27 heavy (non-hydrogen) atoms. The first kappa shape index (κ1) is 18.6. The molecule has 2 heterocycles. The highest BCUT2D eigenvalue weighted by molar-refractivity contribution is 7.20. The number of methoxy groups -OCH3 is 1. The number of aliphatic hydroxyl groups excluding tert-OH is 1. The van der Waals surface area contributed by atoms with Crippen molar-refractivity contribution in [2.24, 2.45) is 7.05 Å².